The highest BCUT2D eigenvalue weighted by Crippen LogP contribution is 2.43. The summed E-state index contributed by atoms with van der Waals surface area (Å²) >= 11 is 0. The van der Waals surface area contributed by atoms with E-state index in [4.69, 9.17) is 5.11 Å². The van der Waals surface area contributed by atoms with Gasteiger partial charge in [0.15, 0.2) is 6.10 Å². The van der Waals surface area contributed by atoms with Gasteiger partial charge in [-0.2, -0.15) is 13.2 Å². The zero-order valence-corrected chi connectivity index (χ0v) is 10.8. The minimum absolute atomic E-state index is 0.446. The average molecular weight is 287 g/mol. The lowest BCUT2D eigenvalue weighted by Crippen LogP contribution is -2.52. The number of amides is 1. The maximum atomic E-state index is 12.2. The van der Waals surface area contributed by atoms with Crippen LogP contribution in [0.25, 0.3) is 0 Å². The van der Waals surface area contributed by atoms with Crippen molar-refractivity contribution in [1.29, 1.82) is 0 Å². The van der Waals surface area contributed by atoms with Crippen molar-refractivity contribution < 1.29 is 23.1 Å². The summed E-state index contributed by atoms with van der Waals surface area (Å²) in [6, 6.07) is 9.03. The number of carbonyl (C=O) groups excluding carboxylic acids is 1. The maximum Gasteiger partial charge on any atom is 0.416 e. The lowest BCUT2D eigenvalue weighted by molar-refractivity contribution is -0.202. The summed E-state index contributed by atoms with van der Waals surface area (Å²) in [6.07, 6.45) is -5.15. The molecule has 1 aliphatic rings. The van der Waals surface area contributed by atoms with Crippen molar-refractivity contribution in [3.63, 3.8) is 0 Å². The van der Waals surface area contributed by atoms with Crippen molar-refractivity contribution in [2.75, 3.05) is 6.54 Å². The number of benzene rings is 1. The Bertz CT molecular complexity index is 469. The Hall–Kier alpha value is -1.56. The average Bonchev–Trinajstić information content (AvgIpc) is 2.34. The van der Waals surface area contributed by atoms with Crippen molar-refractivity contribution in [3.05, 3.63) is 35.9 Å². The number of aliphatic hydroxyl groups excluding tert-OH is 1. The predicted molar refractivity (Wildman–Crippen MR) is 67.0 cm³/mol. The summed E-state index contributed by atoms with van der Waals surface area (Å²) in [6.45, 7) is -0.809. The molecule has 1 unspecified atom stereocenters. The Labute approximate surface area is 114 Å². The molecule has 0 aromatic heterocycles. The van der Waals surface area contributed by atoms with E-state index in [1.54, 1.807) is 24.3 Å². The minimum atomic E-state index is -4.72. The number of nitrogens with one attached hydrogen (secondary N) is 1. The molecule has 1 aliphatic carbocycles. The molecule has 1 aromatic carbocycles. The van der Waals surface area contributed by atoms with Gasteiger partial charge in [-0.05, 0) is 18.4 Å². The second kappa shape index (κ2) is 5.44. The fraction of sp³-hybridized carbons (Fsp3) is 0.500. The molecule has 2 N–H and O–H groups in total. The van der Waals surface area contributed by atoms with E-state index in [9.17, 15) is 18.0 Å². The van der Waals surface area contributed by atoms with Crippen molar-refractivity contribution in [3.8, 4) is 0 Å². The highest BCUT2D eigenvalue weighted by molar-refractivity contribution is 5.89. The van der Waals surface area contributed by atoms with Gasteiger partial charge in [0.25, 0.3) is 0 Å². The third-order valence-electron chi connectivity index (χ3n) is 3.80. The molecule has 1 fully saturated rings. The fourth-order valence-electron chi connectivity index (χ4n) is 2.41. The molecule has 110 valence electrons. The van der Waals surface area contributed by atoms with Crippen LogP contribution in [-0.4, -0.2) is 29.8 Å². The molecule has 0 heterocycles. The summed E-state index contributed by atoms with van der Waals surface area (Å²) in [7, 11) is 0. The number of aliphatic hydroxyl groups is 1. The smallest absolute Gasteiger partial charge is 0.382 e. The summed E-state index contributed by atoms with van der Waals surface area (Å²) in [5.74, 6) is -0.446. The summed E-state index contributed by atoms with van der Waals surface area (Å²) < 4.78 is 36.6. The van der Waals surface area contributed by atoms with Crippen LogP contribution in [0.15, 0.2) is 30.3 Å². The monoisotopic (exact) mass is 287 g/mol. The van der Waals surface area contributed by atoms with Gasteiger partial charge in [-0.1, -0.05) is 36.8 Å². The maximum absolute atomic E-state index is 12.2. The van der Waals surface area contributed by atoms with E-state index in [1.807, 2.05) is 6.07 Å². The molecule has 1 atom stereocenters. The van der Waals surface area contributed by atoms with Crippen LogP contribution in [0.3, 0.4) is 0 Å². The van der Waals surface area contributed by atoms with Gasteiger partial charge in [-0.3, -0.25) is 4.79 Å². The number of alkyl halides is 3. The highest BCUT2D eigenvalue weighted by Gasteiger charge is 2.46. The van der Waals surface area contributed by atoms with Gasteiger partial charge in [0.05, 0.1) is 12.0 Å². The third-order valence-corrected chi connectivity index (χ3v) is 3.80. The van der Waals surface area contributed by atoms with Gasteiger partial charge in [0.2, 0.25) is 5.91 Å². The van der Waals surface area contributed by atoms with Gasteiger partial charge in [-0.25, -0.2) is 0 Å². The molecular formula is C14H16F3NO2. The van der Waals surface area contributed by atoms with E-state index in [1.165, 1.54) is 0 Å². The molecule has 20 heavy (non-hydrogen) atoms. The Balaban J connectivity index is 2.04. The predicted octanol–water partition coefficient (Wildman–Crippen LogP) is 2.15. The van der Waals surface area contributed by atoms with E-state index in [2.05, 4.69) is 5.32 Å². The first-order valence-corrected chi connectivity index (χ1v) is 6.45. The number of rotatable bonds is 4. The lowest BCUT2D eigenvalue weighted by atomic mass is 9.64. The quantitative estimate of drug-likeness (QED) is 0.891. The lowest BCUT2D eigenvalue weighted by Gasteiger charge is -2.41. The molecule has 0 aliphatic heterocycles. The molecule has 1 aromatic rings. The largest absolute Gasteiger partial charge is 0.416 e. The zero-order valence-electron chi connectivity index (χ0n) is 10.8. The van der Waals surface area contributed by atoms with Crippen LogP contribution >= 0.6 is 0 Å². The van der Waals surface area contributed by atoms with Crippen molar-refractivity contribution >= 4 is 5.91 Å². The Morgan fingerprint density at radius 3 is 2.35 bits per heavy atom. The molecule has 1 amide bonds. The first-order valence-electron chi connectivity index (χ1n) is 6.45. The Kier molecular flexibility index (Phi) is 4.04. The Morgan fingerprint density at radius 1 is 1.30 bits per heavy atom. The first-order chi connectivity index (χ1) is 9.36. The topological polar surface area (TPSA) is 49.3 Å². The normalized spacial score (nSPS) is 19.0. The van der Waals surface area contributed by atoms with Crippen LogP contribution in [0, 0.1) is 0 Å². The van der Waals surface area contributed by atoms with Crippen LogP contribution in [0.2, 0.25) is 0 Å². The van der Waals surface area contributed by atoms with Crippen LogP contribution in [0.5, 0.6) is 0 Å². The van der Waals surface area contributed by atoms with Crippen LogP contribution in [0.1, 0.15) is 24.8 Å². The second-order valence-corrected chi connectivity index (χ2v) is 5.07. The Morgan fingerprint density at radius 2 is 1.90 bits per heavy atom. The second-order valence-electron chi connectivity index (χ2n) is 5.07. The molecule has 1 saturated carbocycles. The van der Waals surface area contributed by atoms with E-state index in [0.717, 1.165) is 12.0 Å². The van der Waals surface area contributed by atoms with E-state index in [0.29, 0.717) is 12.8 Å². The highest BCUT2D eigenvalue weighted by atomic mass is 19.4. The van der Waals surface area contributed by atoms with Gasteiger partial charge >= 0.3 is 6.18 Å². The summed E-state index contributed by atoms with van der Waals surface area (Å²) in [5.41, 5.74) is 0.0669. The van der Waals surface area contributed by atoms with Crippen molar-refractivity contribution in [2.24, 2.45) is 0 Å². The molecule has 0 radical (unpaired) electrons. The van der Waals surface area contributed by atoms with Crippen molar-refractivity contribution in [1.82, 2.24) is 5.32 Å². The van der Waals surface area contributed by atoms with Gasteiger partial charge in [-0.15, -0.1) is 0 Å². The van der Waals surface area contributed by atoms with Crippen LogP contribution in [-0.2, 0) is 10.2 Å². The number of carbonyl (C=O) groups is 1. The van der Waals surface area contributed by atoms with Gasteiger partial charge < -0.3 is 10.4 Å². The van der Waals surface area contributed by atoms with E-state index < -0.39 is 30.1 Å². The molecule has 3 nitrogen and oxygen atoms in total. The molecular weight excluding hydrogens is 271 g/mol. The molecule has 2 rings (SSSR count). The SMILES string of the molecule is O=C(NCC(O)C(F)(F)F)C1(c2ccccc2)CCC1. The first kappa shape index (κ1) is 14.8. The van der Waals surface area contributed by atoms with E-state index >= 15 is 0 Å². The van der Waals surface area contributed by atoms with Crippen LogP contribution < -0.4 is 5.32 Å². The van der Waals surface area contributed by atoms with Gasteiger partial charge in [0.1, 0.15) is 0 Å². The molecule has 0 bridgehead atoms. The molecule has 6 heteroatoms. The zero-order chi connectivity index (χ0) is 14.8. The van der Waals surface area contributed by atoms with E-state index in [-0.39, 0.29) is 0 Å². The summed E-state index contributed by atoms with van der Waals surface area (Å²) in [4.78, 5) is 12.2. The summed E-state index contributed by atoms with van der Waals surface area (Å²) in [5, 5.41) is 11.1. The number of hydrogen-bond acceptors (Lipinski definition) is 2. The minimum Gasteiger partial charge on any atom is -0.382 e. The fourth-order valence-corrected chi connectivity index (χ4v) is 2.41. The van der Waals surface area contributed by atoms with Crippen molar-refractivity contribution in [2.45, 2.75) is 37.0 Å². The number of hydrogen-bond donors (Lipinski definition) is 2. The standard InChI is InChI=1S/C14H16F3NO2/c15-14(16,17)11(19)9-18-12(20)13(7-4-8-13)10-5-2-1-3-6-10/h1-3,5-6,11,19H,4,7-9H2,(H,18,20). The van der Waals surface area contributed by atoms with Crippen LogP contribution in [0.4, 0.5) is 13.2 Å². The molecule has 0 saturated heterocycles. The molecule has 0 spiro atoms. The van der Waals surface area contributed by atoms with Gasteiger partial charge in [0, 0.05) is 0 Å². The third kappa shape index (κ3) is 2.80. The number of halogens is 3.